The van der Waals surface area contributed by atoms with Gasteiger partial charge in [-0.1, -0.05) is 6.92 Å². The molecule has 0 saturated carbocycles. The van der Waals surface area contributed by atoms with Crippen LogP contribution in [-0.2, 0) is 11.3 Å². The quantitative estimate of drug-likeness (QED) is 0.895. The standard InChI is InChI=1S/C16H17N3O4/c1-2-7-17-15(20)9-19-16(21)6-4-12(18-19)11-3-5-13-14(8-11)23-10-22-13/h3-6,8H,2,7,9-10H2,1H3,(H,17,20). The fraction of sp³-hybridized carbons (Fsp3) is 0.312. The number of rotatable bonds is 5. The van der Waals surface area contributed by atoms with Crippen LogP contribution in [0.2, 0.25) is 0 Å². The van der Waals surface area contributed by atoms with Crippen molar-refractivity contribution in [2.24, 2.45) is 0 Å². The van der Waals surface area contributed by atoms with Crippen LogP contribution in [0.3, 0.4) is 0 Å². The fourth-order valence-electron chi connectivity index (χ4n) is 2.23. The number of carbonyl (C=O) groups excluding carboxylic acids is 1. The van der Waals surface area contributed by atoms with Crippen molar-refractivity contribution in [3.63, 3.8) is 0 Å². The third kappa shape index (κ3) is 3.33. The van der Waals surface area contributed by atoms with E-state index in [4.69, 9.17) is 9.47 Å². The van der Waals surface area contributed by atoms with E-state index in [-0.39, 0.29) is 24.8 Å². The maximum atomic E-state index is 11.9. The van der Waals surface area contributed by atoms with Gasteiger partial charge >= 0.3 is 0 Å². The van der Waals surface area contributed by atoms with E-state index in [1.54, 1.807) is 18.2 Å². The van der Waals surface area contributed by atoms with Gasteiger partial charge in [0.1, 0.15) is 6.54 Å². The summed E-state index contributed by atoms with van der Waals surface area (Å²) in [5.74, 6) is 1.09. The number of nitrogens with zero attached hydrogens (tertiary/aromatic N) is 2. The van der Waals surface area contributed by atoms with Gasteiger partial charge in [0.15, 0.2) is 11.5 Å². The molecule has 23 heavy (non-hydrogen) atoms. The molecule has 3 rings (SSSR count). The molecular formula is C16H17N3O4. The Morgan fingerprint density at radius 2 is 2.09 bits per heavy atom. The number of amides is 1. The van der Waals surface area contributed by atoms with E-state index in [2.05, 4.69) is 10.4 Å². The first-order valence-electron chi connectivity index (χ1n) is 7.42. The van der Waals surface area contributed by atoms with E-state index in [1.807, 2.05) is 13.0 Å². The zero-order chi connectivity index (χ0) is 16.2. The van der Waals surface area contributed by atoms with Gasteiger partial charge in [0.05, 0.1) is 5.69 Å². The van der Waals surface area contributed by atoms with Crippen LogP contribution in [0.1, 0.15) is 13.3 Å². The van der Waals surface area contributed by atoms with Gasteiger partial charge in [-0.3, -0.25) is 9.59 Å². The molecule has 1 aliphatic heterocycles. The van der Waals surface area contributed by atoms with E-state index in [0.717, 1.165) is 16.7 Å². The molecule has 1 aromatic heterocycles. The number of carbonyl (C=O) groups is 1. The first kappa shape index (κ1) is 15.1. The predicted molar refractivity (Wildman–Crippen MR) is 83.4 cm³/mol. The van der Waals surface area contributed by atoms with Gasteiger partial charge in [-0.25, -0.2) is 4.68 Å². The summed E-state index contributed by atoms with van der Waals surface area (Å²) in [6.07, 6.45) is 0.839. The van der Waals surface area contributed by atoms with E-state index in [1.165, 1.54) is 6.07 Å². The van der Waals surface area contributed by atoms with Crippen molar-refractivity contribution in [2.45, 2.75) is 19.9 Å². The van der Waals surface area contributed by atoms with Crippen LogP contribution in [0.4, 0.5) is 0 Å². The largest absolute Gasteiger partial charge is 0.454 e. The molecule has 2 aromatic rings. The first-order chi connectivity index (χ1) is 11.2. The normalized spacial score (nSPS) is 12.2. The molecule has 0 unspecified atom stereocenters. The molecule has 1 amide bonds. The highest BCUT2D eigenvalue weighted by Gasteiger charge is 2.15. The molecule has 0 radical (unpaired) electrons. The number of aromatic nitrogens is 2. The van der Waals surface area contributed by atoms with E-state index in [0.29, 0.717) is 23.7 Å². The lowest BCUT2D eigenvalue weighted by molar-refractivity contribution is -0.121. The summed E-state index contributed by atoms with van der Waals surface area (Å²) in [5.41, 5.74) is 1.06. The Morgan fingerprint density at radius 3 is 2.91 bits per heavy atom. The molecule has 2 heterocycles. The second-order valence-corrected chi connectivity index (χ2v) is 5.13. The smallest absolute Gasteiger partial charge is 0.267 e. The predicted octanol–water partition coefficient (Wildman–Crippen LogP) is 1.17. The molecule has 7 heteroatoms. The summed E-state index contributed by atoms with van der Waals surface area (Å²) < 4.78 is 11.8. The van der Waals surface area contributed by atoms with Crippen molar-refractivity contribution in [3.05, 3.63) is 40.7 Å². The van der Waals surface area contributed by atoms with Crippen LogP contribution in [0.5, 0.6) is 11.5 Å². The number of hydrogen-bond donors (Lipinski definition) is 1. The van der Waals surface area contributed by atoms with Gasteiger partial charge in [0, 0.05) is 18.2 Å². The second kappa shape index (κ2) is 6.51. The van der Waals surface area contributed by atoms with Crippen LogP contribution in [0.25, 0.3) is 11.3 Å². The van der Waals surface area contributed by atoms with Crippen molar-refractivity contribution in [2.75, 3.05) is 13.3 Å². The first-order valence-corrected chi connectivity index (χ1v) is 7.42. The van der Waals surface area contributed by atoms with Crippen LogP contribution >= 0.6 is 0 Å². The van der Waals surface area contributed by atoms with Gasteiger partial charge in [0.2, 0.25) is 12.7 Å². The summed E-state index contributed by atoms with van der Waals surface area (Å²) in [7, 11) is 0. The van der Waals surface area contributed by atoms with Gasteiger partial charge < -0.3 is 14.8 Å². The van der Waals surface area contributed by atoms with E-state index < -0.39 is 0 Å². The number of fused-ring (bicyclic) bond motifs is 1. The summed E-state index contributed by atoms with van der Waals surface area (Å²) in [6, 6.07) is 8.46. The Morgan fingerprint density at radius 1 is 1.26 bits per heavy atom. The third-order valence-electron chi connectivity index (χ3n) is 3.40. The molecule has 1 aromatic carbocycles. The van der Waals surface area contributed by atoms with Crippen LogP contribution in [0, 0.1) is 0 Å². The SMILES string of the molecule is CCCNC(=O)Cn1nc(-c2ccc3c(c2)OCO3)ccc1=O. The van der Waals surface area contributed by atoms with Crippen molar-refractivity contribution in [1.29, 1.82) is 0 Å². The molecule has 1 aliphatic rings. The molecule has 0 saturated heterocycles. The minimum Gasteiger partial charge on any atom is -0.454 e. The summed E-state index contributed by atoms with van der Waals surface area (Å²) in [5, 5.41) is 6.99. The lowest BCUT2D eigenvalue weighted by Crippen LogP contribution is -2.33. The highest BCUT2D eigenvalue weighted by Crippen LogP contribution is 2.35. The number of ether oxygens (including phenoxy) is 2. The third-order valence-corrected chi connectivity index (χ3v) is 3.40. The summed E-state index contributed by atoms with van der Waals surface area (Å²) in [4.78, 5) is 23.7. The molecular weight excluding hydrogens is 298 g/mol. The highest BCUT2D eigenvalue weighted by molar-refractivity contribution is 5.75. The molecule has 0 bridgehead atoms. The highest BCUT2D eigenvalue weighted by atomic mass is 16.7. The maximum Gasteiger partial charge on any atom is 0.267 e. The Hall–Kier alpha value is -2.83. The minimum atomic E-state index is -0.318. The van der Waals surface area contributed by atoms with Gasteiger partial charge in [-0.2, -0.15) is 5.10 Å². The molecule has 0 spiro atoms. The van der Waals surface area contributed by atoms with E-state index in [9.17, 15) is 9.59 Å². The van der Waals surface area contributed by atoms with Gasteiger partial charge in [-0.15, -0.1) is 0 Å². The van der Waals surface area contributed by atoms with Crippen LogP contribution < -0.4 is 20.3 Å². The van der Waals surface area contributed by atoms with Crippen LogP contribution in [-0.4, -0.2) is 29.0 Å². The molecule has 0 aliphatic carbocycles. The monoisotopic (exact) mass is 315 g/mol. The van der Waals surface area contributed by atoms with Crippen molar-refractivity contribution in [1.82, 2.24) is 15.1 Å². The Labute approximate surface area is 132 Å². The van der Waals surface area contributed by atoms with Crippen molar-refractivity contribution < 1.29 is 14.3 Å². The number of benzene rings is 1. The topological polar surface area (TPSA) is 82.5 Å². The second-order valence-electron chi connectivity index (χ2n) is 5.13. The van der Waals surface area contributed by atoms with Crippen molar-refractivity contribution >= 4 is 5.91 Å². The lowest BCUT2D eigenvalue weighted by atomic mass is 10.1. The lowest BCUT2D eigenvalue weighted by Gasteiger charge is -2.08. The number of nitrogens with one attached hydrogen (secondary N) is 1. The molecule has 120 valence electrons. The average Bonchev–Trinajstić information content (AvgIpc) is 3.02. The molecule has 0 fully saturated rings. The summed E-state index contributed by atoms with van der Waals surface area (Å²) >= 11 is 0. The Balaban J connectivity index is 1.85. The number of hydrogen-bond acceptors (Lipinski definition) is 5. The minimum absolute atomic E-state index is 0.1000. The van der Waals surface area contributed by atoms with Gasteiger partial charge in [-0.05, 0) is 30.7 Å². The summed E-state index contributed by atoms with van der Waals surface area (Å²) in [6.45, 7) is 2.64. The average molecular weight is 315 g/mol. The van der Waals surface area contributed by atoms with Gasteiger partial charge in [0.25, 0.3) is 5.56 Å². The molecule has 0 atom stereocenters. The Kier molecular flexibility index (Phi) is 4.27. The Bertz CT molecular complexity index is 785. The van der Waals surface area contributed by atoms with Crippen LogP contribution in [0.15, 0.2) is 35.1 Å². The molecule has 1 N–H and O–H groups in total. The zero-order valence-electron chi connectivity index (χ0n) is 12.7. The molecule has 7 nitrogen and oxygen atoms in total. The van der Waals surface area contributed by atoms with E-state index >= 15 is 0 Å². The van der Waals surface area contributed by atoms with Crippen molar-refractivity contribution in [3.8, 4) is 22.8 Å². The fourth-order valence-corrected chi connectivity index (χ4v) is 2.23. The zero-order valence-corrected chi connectivity index (χ0v) is 12.7. The maximum absolute atomic E-state index is 11.9.